The molecule has 0 saturated heterocycles. The van der Waals surface area contributed by atoms with Gasteiger partial charge in [0.2, 0.25) is 0 Å². The lowest BCUT2D eigenvalue weighted by atomic mass is 10.2. The number of benzene rings is 1. The quantitative estimate of drug-likeness (QED) is 0.467. The Labute approximate surface area is 100 Å². The second kappa shape index (κ2) is 7.57. The van der Waals surface area contributed by atoms with Crippen molar-refractivity contribution in [3.63, 3.8) is 0 Å². The van der Waals surface area contributed by atoms with E-state index in [1.807, 2.05) is 6.07 Å². The number of halogens is 1. The molecule has 0 aliphatic heterocycles. The molecular formula is C13H16FNO2. The lowest BCUT2D eigenvalue weighted by Gasteiger charge is -2.01. The van der Waals surface area contributed by atoms with Crippen LogP contribution in [0.5, 0.6) is 0 Å². The van der Waals surface area contributed by atoms with Gasteiger partial charge in [0, 0.05) is 19.2 Å². The van der Waals surface area contributed by atoms with Crippen LogP contribution in [0.2, 0.25) is 0 Å². The molecule has 0 radical (unpaired) electrons. The van der Waals surface area contributed by atoms with Crippen LogP contribution in [0.4, 0.5) is 4.39 Å². The van der Waals surface area contributed by atoms with Crippen LogP contribution in [-0.2, 0) is 16.1 Å². The van der Waals surface area contributed by atoms with Crippen molar-refractivity contribution in [3.05, 3.63) is 47.8 Å². The largest absolute Gasteiger partial charge is 0.463 e. The zero-order valence-electron chi connectivity index (χ0n) is 9.78. The summed E-state index contributed by atoms with van der Waals surface area (Å²) in [6, 6.07) is 6.39. The summed E-state index contributed by atoms with van der Waals surface area (Å²) in [5, 5.41) is 3.07. The number of carbonyl (C=O) groups excluding carboxylic acids is 1. The molecule has 0 saturated carbocycles. The predicted octanol–water partition coefficient (Wildman–Crippen LogP) is 2.03. The minimum Gasteiger partial charge on any atom is -0.463 e. The molecule has 0 aliphatic rings. The second-order valence-electron chi connectivity index (χ2n) is 3.42. The van der Waals surface area contributed by atoms with Gasteiger partial charge in [-0.3, -0.25) is 0 Å². The molecular weight excluding hydrogens is 221 g/mol. The SMILES string of the molecule is CCOC(=O)/C=C/CNCc1cccc(F)c1. The van der Waals surface area contributed by atoms with Gasteiger partial charge in [-0.05, 0) is 24.6 Å². The van der Waals surface area contributed by atoms with Crippen molar-refractivity contribution in [1.82, 2.24) is 5.32 Å². The Balaban J connectivity index is 2.22. The van der Waals surface area contributed by atoms with Crippen molar-refractivity contribution >= 4 is 5.97 Å². The average Bonchev–Trinajstić information content (AvgIpc) is 2.29. The molecule has 0 atom stereocenters. The fourth-order valence-electron chi connectivity index (χ4n) is 1.29. The van der Waals surface area contributed by atoms with Crippen LogP contribution in [0.25, 0.3) is 0 Å². The third-order valence-electron chi connectivity index (χ3n) is 2.02. The van der Waals surface area contributed by atoms with E-state index in [-0.39, 0.29) is 11.8 Å². The Morgan fingerprint density at radius 3 is 3.06 bits per heavy atom. The monoisotopic (exact) mass is 237 g/mol. The van der Waals surface area contributed by atoms with Crippen molar-refractivity contribution in [2.45, 2.75) is 13.5 Å². The third kappa shape index (κ3) is 5.82. The van der Waals surface area contributed by atoms with E-state index in [0.29, 0.717) is 19.7 Å². The highest BCUT2D eigenvalue weighted by atomic mass is 19.1. The van der Waals surface area contributed by atoms with Crippen molar-refractivity contribution in [2.75, 3.05) is 13.2 Å². The van der Waals surface area contributed by atoms with Crippen molar-refractivity contribution in [1.29, 1.82) is 0 Å². The lowest BCUT2D eigenvalue weighted by Crippen LogP contribution is -2.13. The molecule has 1 N–H and O–H groups in total. The highest BCUT2D eigenvalue weighted by Gasteiger charge is 1.94. The van der Waals surface area contributed by atoms with Gasteiger partial charge in [0.25, 0.3) is 0 Å². The third-order valence-corrected chi connectivity index (χ3v) is 2.02. The first-order chi connectivity index (χ1) is 8.22. The summed E-state index contributed by atoms with van der Waals surface area (Å²) in [6.45, 7) is 3.23. The maximum Gasteiger partial charge on any atom is 0.330 e. The number of carbonyl (C=O) groups is 1. The summed E-state index contributed by atoms with van der Waals surface area (Å²) in [5.41, 5.74) is 0.870. The van der Waals surface area contributed by atoms with E-state index < -0.39 is 0 Å². The van der Waals surface area contributed by atoms with Crippen LogP contribution in [0.1, 0.15) is 12.5 Å². The number of ether oxygens (including phenoxy) is 1. The van der Waals surface area contributed by atoms with E-state index in [4.69, 9.17) is 4.74 Å². The molecule has 0 aliphatic carbocycles. The highest BCUT2D eigenvalue weighted by Crippen LogP contribution is 2.02. The Morgan fingerprint density at radius 1 is 1.53 bits per heavy atom. The maximum atomic E-state index is 12.8. The van der Waals surface area contributed by atoms with Crippen LogP contribution in [0.3, 0.4) is 0 Å². The van der Waals surface area contributed by atoms with Crippen molar-refractivity contribution < 1.29 is 13.9 Å². The minimum atomic E-state index is -0.347. The molecule has 0 aromatic heterocycles. The van der Waals surface area contributed by atoms with Crippen LogP contribution in [0.15, 0.2) is 36.4 Å². The van der Waals surface area contributed by atoms with Crippen molar-refractivity contribution in [3.8, 4) is 0 Å². The molecule has 0 amide bonds. The van der Waals surface area contributed by atoms with Crippen LogP contribution < -0.4 is 5.32 Å². The van der Waals surface area contributed by atoms with Gasteiger partial charge in [0.1, 0.15) is 5.82 Å². The number of esters is 1. The Kier molecular flexibility index (Phi) is 5.96. The summed E-state index contributed by atoms with van der Waals surface area (Å²) in [6.07, 6.45) is 3.05. The summed E-state index contributed by atoms with van der Waals surface area (Å²) in [4.78, 5) is 10.9. The Bertz CT molecular complexity index is 391. The fourth-order valence-corrected chi connectivity index (χ4v) is 1.29. The van der Waals surface area contributed by atoms with Gasteiger partial charge in [-0.1, -0.05) is 18.2 Å². The van der Waals surface area contributed by atoms with E-state index in [9.17, 15) is 9.18 Å². The first-order valence-electron chi connectivity index (χ1n) is 5.51. The number of hydrogen-bond acceptors (Lipinski definition) is 3. The summed E-state index contributed by atoms with van der Waals surface area (Å²) < 4.78 is 17.5. The van der Waals surface area contributed by atoms with Gasteiger partial charge in [0.05, 0.1) is 6.61 Å². The maximum absolute atomic E-state index is 12.8. The lowest BCUT2D eigenvalue weighted by molar-refractivity contribution is -0.137. The molecule has 17 heavy (non-hydrogen) atoms. The fraction of sp³-hybridized carbons (Fsp3) is 0.308. The van der Waals surface area contributed by atoms with Gasteiger partial charge >= 0.3 is 5.97 Å². The number of hydrogen-bond donors (Lipinski definition) is 1. The van der Waals surface area contributed by atoms with E-state index in [1.54, 1.807) is 19.1 Å². The molecule has 0 unspecified atom stereocenters. The molecule has 1 rings (SSSR count). The van der Waals surface area contributed by atoms with E-state index in [2.05, 4.69) is 5.32 Å². The number of nitrogens with one attached hydrogen (secondary N) is 1. The molecule has 0 heterocycles. The van der Waals surface area contributed by atoms with Gasteiger partial charge in [-0.2, -0.15) is 0 Å². The molecule has 0 spiro atoms. The molecule has 4 heteroatoms. The zero-order chi connectivity index (χ0) is 12.5. The van der Waals surface area contributed by atoms with Gasteiger partial charge in [-0.15, -0.1) is 0 Å². The standard InChI is InChI=1S/C13H16FNO2/c1-2-17-13(16)7-4-8-15-10-11-5-3-6-12(14)9-11/h3-7,9,15H,2,8,10H2,1H3/b7-4+. The second-order valence-corrected chi connectivity index (χ2v) is 3.42. The molecule has 1 aromatic rings. The Hall–Kier alpha value is -1.68. The van der Waals surface area contributed by atoms with E-state index in [1.165, 1.54) is 18.2 Å². The molecule has 1 aromatic carbocycles. The Morgan fingerprint density at radius 2 is 2.35 bits per heavy atom. The van der Waals surface area contributed by atoms with Crippen molar-refractivity contribution in [2.24, 2.45) is 0 Å². The minimum absolute atomic E-state index is 0.244. The summed E-state index contributed by atoms with van der Waals surface area (Å²) in [7, 11) is 0. The average molecular weight is 237 g/mol. The molecule has 0 fully saturated rings. The van der Waals surface area contributed by atoms with Gasteiger partial charge in [-0.25, -0.2) is 9.18 Å². The summed E-state index contributed by atoms with van der Waals surface area (Å²) >= 11 is 0. The molecule has 3 nitrogen and oxygen atoms in total. The van der Waals surface area contributed by atoms with Gasteiger partial charge < -0.3 is 10.1 Å². The summed E-state index contributed by atoms with van der Waals surface area (Å²) in [5.74, 6) is -0.591. The highest BCUT2D eigenvalue weighted by molar-refractivity contribution is 5.81. The van der Waals surface area contributed by atoms with Crippen LogP contribution >= 0.6 is 0 Å². The first kappa shape index (κ1) is 13.4. The normalized spacial score (nSPS) is 10.7. The van der Waals surface area contributed by atoms with Crippen LogP contribution in [-0.4, -0.2) is 19.1 Å². The van der Waals surface area contributed by atoms with Crippen LogP contribution in [0, 0.1) is 5.82 Å². The molecule has 0 bridgehead atoms. The van der Waals surface area contributed by atoms with Gasteiger partial charge in [0.15, 0.2) is 0 Å². The first-order valence-corrected chi connectivity index (χ1v) is 5.51. The smallest absolute Gasteiger partial charge is 0.330 e. The number of rotatable bonds is 6. The predicted molar refractivity (Wildman–Crippen MR) is 63.9 cm³/mol. The topological polar surface area (TPSA) is 38.3 Å². The molecule has 92 valence electrons. The van der Waals surface area contributed by atoms with E-state index in [0.717, 1.165) is 5.56 Å². The van der Waals surface area contributed by atoms with E-state index >= 15 is 0 Å². The zero-order valence-corrected chi connectivity index (χ0v) is 9.78.